The van der Waals surface area contributed by atoms with Gasteiger partial charge in [0, 0.05) is 13.2 Å². The fourth-order valence-electron chi connectivity index (χ4n) is 1.14. The molecule has 0 saturated carbocycles. The second kappa shape index (κ2) is 11.7. The summed E-state index contributed by atoms with van der Waals surface area (Å²) in [6.07, 6.45) is 11.8. The zero-order chi connectivity index (χ0) is 9.78. The van der Waals surface area contributed by atoms with Gasteiger partial charge in [0.05, 0.1) is 0 Å². The molecular formula is C12H24O. The van der Waals surface area contributed by atoms with Crippen molar-refractivity contribution < 1.29 is 4.74 Å². The van der Waals surface area contributed by atoms with Gasteiger partial charge >= 0.3 is 0 Å². The Bertz CT molecular complexity index is 108. The average molecular weight is 184 g/mol. The number of hydrogen-bond donors (Lipinski definition) is 0. The van der Waals surface area contributed by atoms with Gasteiger partial charge in [-0.05, 0) is 25.7 Å². The summed E-state index contributed by atoms with van der Waals surface area (Å²) in [7, 11) is 0. The summed E-state index contributed by atoms with van der Waals surface area (Å²) in [5.74, 6) is 0. The van der Waals surface area contributed by atoms with Crippen molar-refractivity contribution in [1.82, 2.24) is 0 Å². The van der Waals surface area contributed by atoms with Crippen molar-refractivity contribution in [1.29, 1.82) is 0 Å². The first-order valence-electron chi connectivity index (χ1n) is 5.64. The Balaban J connectivity index is 2.87. The molecule has 0 atom stereocenters. The standard InChI is InChI=1S/C12H24O/c1-3-5-7-8-10-12-13-11-9-6-4-2/h5,7H,3-4,6,8-12H2,1-2H3/b7-5-. The molecule has 0 saturated heterocycles. The Labute approximate surface area is 83.2 Å². The first kappa shape index (κ1) is 12.7. The van der Waals surface area contributed by atoms with E-state index in [1.54, 1.807) is 0 Å². The second-order valence-corrected chi connectivity index (χ2v) is 3.34. The van der Waals surface area contributed by atoms with Crippen LogP contribution in [0.1, 0.15) is 52.4 Å². The minimum absolute atomic E-state index is 0.928. The molecule has 0 N–H and O–H groups in total. The van der Waals surface area contributed by atoms with E-state index in [1.165, 1.54) is 32.1 Å². The van der Waals surface area contributed by atoms with Gasteiger partial charge < -0.3 is 4.74 Å². The second-order valence-electron chi connectivity index (χ2n) is 3.34. The lowest BCUT2D eigenvalue weighted by atomic mass is 10.2. The Hall–Kier alpha value is -0.300. The number of allylic oxidation sites excluding steroid dienone is 2. The van der Waals surface area contributed by atoms with E-state index in [-0.39, 0.29) is 0 Å². The van der Waals surface area contributed by atoms with Crippen LogP contribution < -0.4 is 0 Å². The first-order valence-corrected chi connectivity index (χ1v) is 5.64. The zero-order valence-electron chi connectivity index (χ0n) is 9.22. The van der Waals surface area contributed by atoms with Crippen LogP contribution in [0.5, 0.6) is 0 Å². The molecule has 0 aromatic heterocycles. The predicted octanol–water partition coefficient (Wildman–Crippen LogP) is 3.94. The Morgan fingerprint density at radius 2 is 1.69 bits per heavy atom. The molecule has 0 fully saturated rings. The highest BCUT2D eigenvalue weighted by Gasteiger charge is 1.87. The summed E-state index contributed by atoms with van der Waals surface area (Å²) >= 11 is 0. The van der Waals surface area contributed by atoms with Gasteiger partial charge in [0.15, 0.2) is 0 Å². The summed E-state index contributed by atoms with van der Waals surface area (Å²) in [4.78, 5) is 0. The van der Waals surface area contributed by atoms with Gasteiger partial charge in [-0.2, -0.15) is 0 Å². The molecule has 78 valence electrons. The molecule has 0 radical (unpaired) electrons. The van der Waals surface area contributed by atoms with Gasteiger partial charge in [-0.3, -0.25) is 0 Å². The Morgan fingerprint density at radius 1 is 0.923 bits per heavy atom. The molecule has 0 bridgehead atoms. The highest BCUT2D eigenvalue weighted by Crippen LogP contribution is 1.97. The number of ether oxygens (including phenoxy) is 1. The van der Waals surface area contributed by atoms with Gasteiger partial charge in [0.25, 0.3) is 0 Å². The molecule has 1 nitrogen and oxygen atoms in total. The molecule has 0 spiro atoms. The molecule has 0 amide bonds. The van der Waals surface area contributed by atoms with Crippen LogP contribution in [0.25, 0.3) is 0 Å². The average Bonchev–Trinajstić information content (AvgIpc) is 2.16. The smallest absolute Gasteiger partial charge is 0.0468 e. The maximum Gasteiger partial charge on any atom is 0.0468 e. The van der Waals surface area contributed by atoms with Crippen LogP contribution in [0.15, 0.2) is 12.2 Å². The van der Waals surface area contributed by atoms with Crippen LogP contribution in [-0.4, -0.2) is 13.2 Å². The lowest BCUT2D eigenvalue weighted by molar-refractivity contribution is 0.128. The van der Waals surface area contributed by atoms with Crippen LogP contribution in [0, 0.1) is 0 Å². The van der Waals surface area contributed by atoms with Gasteiger partial charge in [-0.1, -0.05) is 38.8 Å². The van der Waals surface area contributed by atoms with Crippen molar-refractivity contribution >= 4 is 0 Å². The molecule has 0 unspecified atom stereocenters. The number of rotatable bonds is 9. The van der Waals surface area contributed by atoms with Crippen LogP contribution in [-0.2, 0) is 4.74 Å². The van der Waals surface area contributed by atoms with Gasteiger partial charge in [0.1, 0.15) is 0 Å². The maximum absolute atomic E-state index is 5.48. The quantitative estimate of drug-likeness (QED) is 0.389. The molecule has 1 heteroatoms. The van der Waals surface area contributed by atoms with Crippen molar-refractivity contribution in [3.8, 4) is 0 Å². The number of hydrogen-bond acceptors (Lipinski definition) is 1. The molecule has 0 heterocycles. The normalized spacial score (nSPS) is 11.2. The fourth-order valence-corrected chi connectivity index (χ4v) is 1.14. The highest BCUT2D eigenvalue weighted by molar-refractivity contribution is 4.79. The molecule has 13 heavy (non-hydrogen) atoms. The third-order valence-corrected chi connectivity index (χ3v) is 1.95. The summed E-state index contributed by atoms with van der Waals surface area (Å²) in [6.45, 7) is 6.26. The molecule has 0 aliphatic carbocycles. The van der Waals surface area contributed by atoms with Crippen molar-refractivity contribution in [2.75, 3.05) is 13.2 Å². The molecule has 0 rings (SSSR count). The van der Waals surface area contributed by atoms with Crippen molar-refractivity contribution in [2.24, 2.45) is 0 Å². The third kappa shape index (κ3) is 11.7. The van der Waals surface area contributed by atoms with Crippen molar-refractivity contribution in [3.05, 3.63) is 12.2 Å². The molecular weight excluding hydrogens is 160 g/mol. The van der Waals surface area contributed by atoms with Crippen LogP contribution in [0.3, 0.4) is 0 Å². The van der Waals surface area contributed by atoms with Gasteiger partial charge in [-0.25, -0.2) is 0 Å². The first-order chi connectivity index (χ1) is 6.41. The highest BCUT2D eigenvalue weighted by atomic mass is 16.5. The van der Waals surface area contributed by atoms with E-state index >= 15 is 0 Å². The Morgan fingerprint density at radius 3 is 2.38 bits per heavy atom. The lowest BCUT2D eigenvalue weighted by Crippen LogP contribution is -1.96. The third-order valence-electron chi connectivity index (χ3n) is 1.95. The Kier molecular flexibility index (Phi) is 11.4. The van der Waals surface area contributed by atoms with Crippen LogP contribution in [0.4, 0.5) is 0 Å². The SMILES string of the molecule is CC/C=C\CCCOCCCCC. The largest absolute Gasteiger partial charge is 0.381 e. The minimum atomic E-state index is 0.928. The van der Waals surface area contributed by atoms with E-state index in [9.17, 15) is 0 Å². The monoisotopic (exact) mass is 184 g/mol. The molecule has 0 aliphatic heterocycles. The lowest BCUT2D eigenvalue weighted by Gasteiger charge is -2.01. The maximum atomic E-state index is 5.48. The van der Waals surface area contributed by atoms with E-state index in [1.807, 2.05) is 0 Å². The van der Waals surface area contributed by atoms with E-state index in [4.69, 9.17) is 4.74 Å². The van der Waals surface area contributed by atoms with E-state index < -0.39 is 0 Å². The molecule has 0 aliphatic rings. The van der Waals surface area contributed by atoms with Crippen molar-refractivity contribution in [2.45, 2.75) is 52.4 Å². The number of unbranched alkanes of at least 4 members (excludes halogenated alkanes) is 3. The van der Waals surface area contributed by atoms with Crippen LogP contribution >= 0.6 is 0 Å². The fraction of sp³-hybridized carbons (Fsp3) is 0.833. The van der Waals surface area contributed by atoms with Crippen LogP contribution in [0.2, 0.25) is 0 Å². The van der Waals surface area contributed by atoms with Gasteiger partial charge in [0.2, 0.25) is 0 Å². The van der Waals surface area contributed by atoms with E-state index in [0.29, 0.717) is 0 Å². The summed E-state index contributed by atoms with van der Waals surface area (Å²) < 4.78 is 5.48. The summed E-state index contributed by atoms with van der Waals surface area (Å²) in [5.41, 5.74) is 0. The van der Waals surface area contributed by atoms with E-state index in [0.717, 1.165) is 19.6 Å². The van der Waals surface area contributed by atoms with Gasteiger partial charge in [-0.15, -0.1) is 0 Å². The molecule has 0 aromatic carbocycles. The topological polar surface area (TPSA) is 9.23 Å². The van der Waals surface area contributed by atoms with E-state index in [2.05, 4.69) is 26.0 Å². The minimum Gasteiger partial charge on any atom is -0.381 e. The zero-order valence-corrected chi connectivity index (χ0v) is 9.22. The summed E-state index contributed by atoms with van der Waals surface area (Å²) in [6, 6.07) is 0. The van der Waals surface area contributed by atoms with Crippen molar-refractivity contribution in [3.63, 3.8) is 0 Å². The summed E-state index contributed by atoms with van der Waals surface area (Å²) in [5, 5.41) is 0. The molecule has 0 aromatic rings. The predicted molar refractivity (Wildman–Crippen MR) is 59.0 cm³/mol.